The van der Waals surface area contributed by atoms with Crippen LogP contribution in [0.2, 0.25) is 0 Å². The molecule has 6 nitrogen and oxygen atoms in total. The molecule has 116 valence electrons. The third kappa shape index (κ3) is 2.40. The van der Waals surface area contributed by atoms with Crippen LogP contribution in [0.4, 0.5) is 19.0 Å². The lowest BCUT2D eigenvalue weighted by Crippen LogP contribution is -2.09. The first kappa shape index (κ1) is 14.7. The molecule has 10 heteroatoms. The highest BCUT2D eigenvalue weighted by atomic mass is 32.1. The van der Waals surface area contributed by atoms with Crippen LogP contribution in [-0.2, 0) is 17.5 Å². The average Bonchev–Trinajstić information content (AvgIpc) is 3.07. The van der Waals surface area contributed by atoms with Gasteiger partial charge in [0.2, 0.25) is 0 Å². The minimum atomic E-state index is -4.66. The van der Waals surface area contributed by atoms with Crippen molar-refractivity contribution in [3.8, 4) is 10.4 Å². The number of aromatic nitrogens is 4. The molecule has 0 saturated heterocycles. The lowest BCUT2D eigenvalue weighted by molar-refractivity contribution is -0.144. The Balaban J connectivity index is 2.29. The molecule has 3 rings (SSSR count). The lowest BCUT2D eigenvalue weighted by atomic mass is 10.2. The van der Waals surface area contributed by atoms with Crippen LogP contribution in [-0.4, -0.2) is 26.7 Å². The second-order valence-electron chi connectivity index (χ2n) is 4.37. The first-order chi connectivity index (χ1) is 10.4. The SMILES string of the molecule is COCc1nc2nc(C(F)(F)F)nn2c(N)c1-c1cccs1. The van der Waals surface area contributed by atoms with Crippen molar-refractivity contribution in [1.29, 1.82) is 0 Å². The van der Waals surface area contributed by atoms with Gasteiger partial charge in [0.05, 0.1) is 17.9 Å². The minimum absolute atomic E-state index is 0.0440. The number of ether oxygens (including phenoxy) is 1. The van der Waals surface area contributed by atoms with E-state index < -0.39 is 12.0 Å². The summed E-state index contributed by atoms with van der Waals surface area (Å²) >= 11 is 1.39. The van der Waals surface area contributed by atoms with Gasteiger partial charge in [0.15, 0.2) is 0 Å². The monoisotopic (exact) mass is 329 g/mol. The molecule has 0 aromatic carbocycles. The molecular formula is C12H10F3N5OS. The number of anilines is 1. The van der Waals surface area contributed by atoms with Gasteiger partial charge in [0.1, 0.15) is 5.82 Å². The molecule has 2 N–H and O–H groups in total. The number of fused-ring (bicyclic) bond motifs is 1. The summed E-state index contributed by atoms with van der Waals surface area (Å²) in [4.78, 5) is 8.27. The summed E-state index contributed by atoms with van der Waals surface area (Å²) in [5, 5.41) is 5.24. The molecule has 3 aromatic rings. The number of alkyl halides is 3. The van der Waals surface area contributed by atoms with Crippen LogP contribution in [0.3, 0.4) is 0 Å². The third-order valence-electron chi connectivity index (χ3n) is 2.90. The van der Waals surface area contributed by atoms with Gasteiger partial charge >= 0.3 is 6.18 Å². The van der Waals surface area contributed by atoms with Crippen LogP contribution in [0, 0.1) is 0 Å². The van der Waals surface area contributed by atoms with Crippen molar-refractivity contribution < 1.29 is 17.9 Å². The van der Waals surface area contributed by atoms with Gasteiger partial charge in [0, 0.05) is 12.0 Å². The Bertz CT molecular complexity index is 812. The third-order valence-corrected chi connectivity index (χ3v) is 3.79. The van der Waals surface area contributed by atoms with Gasteiger partial charge in [-0.3, -0.25) is 0 Å². The average molecular weight is 329 g/mol. The normalized spacial score (nSPS) is 12.2. The fourth-order valence-electron chi connectivity index (χ4n) is 2.02. The number of hydrogen-bond donors (Lipinski definition) is 1. The van der Waals surface area contributed by atoms with Crippen LogP contribution >= 0.6 is 11.3 Å². The molecule has 0 aliphatic rings. The Kier molecular flexibility index (Phi) is 3.49. The number of rotatable bonds is 3. The van der Waals surface area contributed by atoms with Crippen molar-refractivity contribution in [1.82, 2.24) is 19.6 Å². The fraction of sp³-hybridized carbons (Fsp3) is 0.250. The number of nitrogen functional groups attached to an aromatic ring is 1. The molecule has 3 aromatic heterocycles. The first-order valence-corrected chi connectivity index (χ1v) is 6.95. The molecule has 0 atom stereocenters. The molecule has 0 unspecified atom stereocenters. The van der Waals surface area contributed by atoms with Gasteiger partial charge in [0.25, 0.3) is 11.6 Å². The van der Waals surface area contributed by atoms with Gasteiger partial charge in [-0.25, -0.2) is 4.98 Å². The highest BCUT2D eigenvalue weighted by Gasteiger charge is 2.37. The standard InChI is InChI=1S/C12H10F3N5OS/c1-21-5-6-8(7-3-2-4-22-7)9(16)20-11(17-6)18-10(19-20)12(13,14)15/h2-4H,5,16H2,1H3. The first-order valence-electron chi connectivity index (χ1n) is 6.07. The van der Waals surface area contributed by atoms with Crippen molar-refractivity contribution in [3.63, 3.8) is 0 Å². The summed E-state index contributed by atoms with van der Waals surface area (Å²) in [6.07, 6.45) is -4.66. The molecule has 0 spiro atoms. The Morgan fingerprint density at radius 2 is 2.14 bits per heavy atom. The zero-order valence-electron chi connectivity index (χ0n) is 11.3. The van der Waals surface area contributed by atoms with E-state index in [0.717, 1.165) is 9.39 Å². The molecule has 0 bridgehead atoms. The van der Waals surface area contributed by atoms with Crippen LogP contribution in [0.15, 0.2) is 17.5 Å². The zero-order chi connectivity index (χ0) is 15.9. The Labute approximate surface area is 126 Å². The highest BCUT2D eigenvalue weighted by Crippen LogP contribution is 2.34. The molecule has 3 heterocycles. The van der Waals surface area contributed by atoms with E-state index in [1.165, 1.54) is 18.4 Å². The van der Waals surface area contributed by atoms with Gasteiger partial charge in [-0.1, -0.05) is 6.07 Å². The molecule has 22 heavy (non-hydrogen) atoms. The van der Waals surface area contributed by atoms with Crippen LogP contribution in [0.1, 0.15) is 11.5 Å². The maximum Gasteiger partial charge on any atom is 0.453 e. The summed E-state index contributed by atoms with van der Waals surface area (Å²) in [5.74, 6) is -1.45. The van der Waals surface area contributed by atoms with E-state index in [0.29, 0.717) is 11.3 Å². The van der Waals surface area contributed by atoms with Gasteiger partial charge < -0.3 is 10.5 Å². The predicted molar refractivity (Wildman–Crippen MR) is 74.2 cm³/mol. The summed E-state index contributed by atoms with van der Waals surface area (Å²) in [6, 6.07) is 3.60. The van der Waals surface area contributed by atoms with Crippen molar-refractivity contribution in [3.05, 3.63) is 29.0 Å². The predicted octanol–water partition coefficient (Wildman–Crippen LogP) is 2.60. The smallest absolute Gasteiger partial charge is 0.383 e. The van der Waals surface area contributed by atoms with Crippen LogP contribution in [0.25, 0.3) is 16.2 Å². The number of halogens is 3. The van der Waals surface area contributed by atoms with Gasteiger partial charge in [-0.15, -0.1) is 16.4 Å². The summed E-state index contributed by atoms with van der Waals surface area (Å²) in [5.41, 5.74) is 6.92. The molecule has 0 amide bonds. The topological polar surface area (TPSA) is 78.3 Å². The van der Waals surface area contributed by atoms with Crippen molar-refractivity contribution in [2.45, 2.75) is 12.8 Å². The number of hydrogen-bond acceptors (Lipinski definition) is 6. The molecule has 0 aliphatic heterocycles. The van der Waals surface area contributed by atoms with E-state index in [9.17, 15) is 13.2 Å². The second-order valence-corrected chi connectivity index (χ2v) is 5.32. The van der Waals surface area contributed by atoms with Crippen LogP contribution in [0.5, 0.6) is 0 Å². The van der Waals surface area contributed by atoms with Crippen molar-refractivity contribution in [2.24, 2.45) is 0 Å². The second kappa shape index (κ2) is 5.21. The Morgan fingerprint density at radius 1 is 1.36 bits per heavy atom. The molecule has 0 saturated carbocycles. The van der Waals surface area contributed by atoms with E-state index in [1.54, 1.807) is 6.07 Å². The minimum Gasteiger partial charge on any atom is -0.383 e. The van der Waals surface area contributed by atoms with Crippen molar-refractivity contribution >= 4 is 22.9 Å². The van der Waals surface area contributed by atoms with Crippen LogP contribution < -0.4 is 5.73 Å². The van der Waals surface area contributed by atoms with Crippen molar-refractivity contribution in [2.75, 3.05) is 12.8 Å². The lowest BCUT2D eigenvalue weighted by Gasteiger charge is -2.10. The highest BCUT2D eigenvalue weighted by molar-refractivity contribution is 7.13. The molecule has 0 aliphatic carbocycles. The van der Waals surface area contributed by atoms with E-state index in [2.05, 4.69) is 15.1 Å². The molecule has 0 fully saturated rings. The number of nitrogens with two attached hydrogens (primary N) is 1. The van der Waals surface area contributed by atoms with E-state index in [-0.39, 0.29) is 18.2 Å². The Hall–Kier alpha value is -2.20. The van der Waals surface area contributed by atoms with E-state index in [4.69, 9.17) is 10.5 Å². The van der Waals surface area contributed by atoms with Gasteiger partial charge in [-0.05, 0) is 11.4 Å². The maximum absolute atomic E-state index is 12.8. The zero-order valence-corrected chi connectivity index (χ0v) is 12.1. The Morgan fingerprint density at radius 3 is 2.73 bits per heavy atom. The molecular weight excluding hydrogens is 319 g/mol. The number of nitrogens with zero attached hydrogens (tertiary/aromatic N) is 4. The quantitative estimate of drug-likeness (QED) is 0.799. The maximum atomic E-state index is 12.8. The van der Waals surface area contributed by atoms with E-state index >= 15 is 0 Å². The van der Waals surface area contributed by atoms with E-state index in [1.807, 2.05) is 11.4 Å². The summed E-state index contributed by atoms with van der Waals surface area (Å²) in [6.45, 7) is 0.0993. The number of methoxy groups -OCH3 is 1. The fourth-order valence-corrected chi connectivity index (χ4v) is 2.82. The summed E-state index contributed by atoms with van der Waals surface area (Å²) in [7, 11) is 1.46. The van der Waals surface area contributed by atoms with Gasteiger partial charge in [-0.2, -0.15) is 22.7 Å². The summed E-state index contributed by atoms with van der Waals surface area (Å²) < 4.78 is 44.2. The molecule has 0 radical (unpaired) electrons. The largest absolute Gasteiger partial charge is 0.453 e. The number of thiophene rings is 1.